The molecule has 3 rings (SSSR count). The number of nitrogens with zero attached hydrogens (tertiary/aromatic N) is 3. The highest BCUT2D eigenvalue weighted by Crippen LogP contribution is 2.22. The predicted molar refractivity (Wildman–Crippen MR) is 100.0 cm³/mol. The van der Waals surface area contributed by atoms with Crippen LogP contribution in [0.1, 0.15) is 19.4 Å². The molecule has 2 aliphatic heterocycles. The van der Waals surface area contributed by atoms with E-state index < -0.39 is 0 Å². The number of carbonyl (C=O) groups is 1. The number of urea groups is 1. The number of likely N-dealkylation sites (N-methyl/N-ethyl adjacent to an activating group) is 1. The average molecular weight is 346 g/mol. The molecule has 25 heavy (non-hydrogen) atoms. The lowest BCUT2D eigenvalue weighted by Gasteiger charge is -2.38. The number of nitrogens with one attached hydrogen (secondary N) is 1. The molecule has 0 aliphatic carbocycles. The Morgan fingerprint density at radius 3 is 2.64 bits per heavy atom. The van der Waals surface area contributed by atoms with E-state index in [4.69, 9.17) is 4.74 Å². The van der Waals surface area contributed by atoms with Crippen LogP contribution in [-0.2, 0) is 11.3 Å². The molecule has 0 saturated carbocycles. The molecule has 6 nitrogen and oxygen atoms in total. The van der Waals surface area contributed by atoms with Crippen LogP contribution in [0.2, 0.25) is 0 Å². The van der Waals surface area contributed by atoms with Crippen LogP contribution in [0.5, 0.6) is 0 Å². The van der Waals surface area contributed by atoms with Crippen LogP contribution >= 0.6 is 0 Å². The van der Waals surface area contributed by atoms with Gasteiger partial charge in [-0.3, -0.25) is 0 Å². The van der Waals surface area contributed by atoms with E-state index in [9.17, 15) is 4.79 Å². The van der Waals surface area contributed by atoms with E-state index in [2.05, 4.69) is 40.4 Å². The van der Waals surface area contributed by atoms with Crippen molar-refractivity contribution in [2.24, 2.45) is 0 Å². The zero-order valence-electron chi connectivity index (χ0n) is 15.6. The van der Waals surface area contributed by atoms with Gasteiger partial charge in [-0.05, 0) is 32.5 Å². The van der Waals surface area contributed by atoms with Crippen molar-refractivity contribution in [3.8, 4) is 0 Å². The summed E-state index contributed by atoms with van der Waals surface area (Å²) in [6, 6.07) is 8.48. The number of para-hydroxylation sites is 1. The number of hydrogen-bond acceptors (Lipinski definition) is 4. The van der Waals surface area contributed by atoms with Crippen LogP contribution in [0.15, 0.2) is 24.3 Å². The van der Waals surface area contributed by atoms with Gasteiger partial charge in [0.1, 0.15) is 0 Å². The van der Waals surface area contributed by atoms with Crippen LogP contribution < -0.4 is 10.2 Å². The normalized spacial score (nSPS) is 25.1. The molecule has 2 amide bonds. The van der Waals surface area contributed by atoms with Gasteiger partial charge in [0.25, 0.3) is 0 Å². The van der Waals surface area contributed by atoms with Crippen LogP contribution in [-0.4, -0.2) is 74.4 Å². The molecule has 2 heterocycles. The van der Waals surface area contributed by atoms with Gasteiger partial charge in [-0.1, -0.05) is 18.2 Å². The Balaban J connectivity index is 1.62. The highest BCUT2D eigenvalue weighted by molar-refractivity contribution is 5.75. The first-order chi connectivity index (χ1) is 12.1. The van der Waals surface area contributed by atoms with Crippen molar-refractivity contribution in [3.63, 3.8) is 0 Å². The SMILES string of the molecule is CC1OCCN(C(=O)NCc2ccccc2N2CCN(C)CC2)C1C. The van der Waals surface area contributed by atoms with E-state index in [1.54, 1.807) is 0 Å². The Kier molecular flexibility index (Phi) is 5.81. The van der Waals surface area contributed by atoms with E-state index in [0.717, 1.165) is 26.2 Å². The zero-order chi connectivity index (χ0) is 17.8. The van der Waals surface area contributed by atoms with Gasteiger partial charge in [0.2, 0.25) is 0 Å². The van der Waals surface area contributed by atoms with Crippen molar-refractivity contribution in [2.75, 3.05) is 51.3 Å². The van der Waals surface area contributed by atoms with Gasteiger partial charge in [-0.2, -0.15) is 0 Å². The molecule has 2 unspecified atom stereocenters. The second-order valence-electron chi connectivity index (χ2n) is 7.09. The molecule has 2 saturated heterocycles. The largest absolute Gasteiger partial charge is 0.375 e. The summed E-state index contributed by atoms with van der Waals surface area (Å²) in [6.45, 7) is 10.1. The predicted octanol–water partition coefficient (Wildman–Crippen LogP) is 1.76. The number of ether oxygens (including phenoxy) is 1. The van der Waals surface area contributed by atoms with Gasteiger partial charge in [0.15, 0.2) is 0 Å². The van der Waals surface area contributed by atoms with Crippen LogP contribution in [0.4, 0.5) is 10.5 Å². The van der Waals surface area contributed by atoms with Gasteiger partial charge >= 0.3 is 6.03 Å². The molecule has 6 heteroatoms. The number of morpholine rings is 1. The Morgan fingerprint density at radius 1 is 1.16 bits per heavy atom. The van der Waals surface area contributed by atoms with E-state index in [1.165, 1.54) is 11.3 Å². The summed E-state index contributed by atoms with van der Waals surface area (Å²) in [4.78, 5) is 19.2. The molecule has 0 bridgehead atoms. The maximum atomic E-state index is 12.6. The summed E-state index contributed by atoms with van der Waals surface area (Å²) >= 11 is 0. The summed E-state index contributed by atoms with van der Waals surface area (Å²) in [5, 5.41) is 3.10. The van der Waals surface area contributed by atoms with Crippen molar-refractivity contribution in [1.29, 1.82) is 0 Å². The fourth-order valence-electron chi connectivity index (χ4n) is 3.51. The highest BCUT2D eigenvalue weighted by atomic mass is 16.5. The molecule has 0 spiro atoms. The summed E-state index contributed by atoms with van der Waals surface area (Å²) in [7, 11) is 2.16. The number of amides is 2. The third-order valence-electron chi connectivity index (χ3n) is 5.41. The molecule has 2 aliphatic rings. The first-order valence-electron chi connectivity index (χ1n) is 9.23. The number of piperazine rings is 1. The van der Waals surface area contributed by atoms with Crippen LogP contribution in [0, 0.1) is 0 Å². The van der Waals surface area contributed by atoms with E-state index in [-0.39, 0.29) is 18.2 Å². The number of benzene rings is 1. The summed E-state index contributed by atoms with van der Waals surface area (Å²) < 4.78 is 5.61. The topological polar surface area (TPSA) is 48.1 Å². The van der Waals surface area contributed by atoms with Crippen molar-refractivity contribution in [3.05, 3.63) is 29.8 Å². The lowest BCUT2D eigenvalue weighted by atomic mass is 10.1. The van der Waals surface area contributed by atoms with Crippen LogP contribution in [0.3, 0.4) is 0 Å². The van der Waals surface area contributed by atoms with E-state index >= 15 is 0 Å². The molecular weight excluding hydrogens is 316 g/mol. The number of anilines is 1. The molecule has 0 aromatic heterocycles. The smallest absolute Gasteiger partial charge is 0.318 e. The third-order valence-corrected chi connectivity index (χ3v) is 5.41. The number of rotatable bonds is 3. The summed E-state index contributed by atoms with van der Waals surface area (Å²) in [6.07, 6.45) is 0.0807. The second kappa shape index (κ2) is 8.06. The van der Waals surface area contributed by atoms with Gasteiger partial charge in [0.05, 0.1) is 18.8 Å². The van der Waals surface area contributed by atoms with Crippen LogP contribution in [0.25, 0.3) is 0 Å². The molecule has 1 aromatic carbocycles. The minimum absolute atomic E-state index is 0.00386. The van der Waals surface area contributed by atoms with Gasteiger partial charge in [0, 0.05) is 45.0 Å². The molecule has 1 N–H and O–H groups in total. The van der Waals surface area contributed by atoms with Crippen molar-refractivity contribution < 1.29 is 9.53 Å². The quantitative estimate of drug-likeness (QED) is 0.906. The number of carbonyl (C=O) groups excluding carboxylic acids is 1. The zero-order valence-corrected chi connectivity index (χ0v) is 15.6. The Labute approximate surface area is 150 Å². The second-order valence-corrected chi connectivity index (χ2v) is 7.09. The van der Waals surface area contributed by atoms with Crippen molar-refractivity contribution in [1.82, 2.24) is 15.1 Å². The summed E-state index contributed by atoms with van der Waals surface area (Å²) in [5.41, 5.74) is 2.41. The maximum absolute atomic E-state index is 12.6. The molecule has 2 fully saturated rings. The number of hydrogen-bond donors (Lipinski definition) is 1. The average Bonchev–Trinajstić information content (AvgIpc) is 2.63. The van der Waals surface area contributed by atoms with Gasteiger partial charge < -0.3 is 24.8 Å². The first-order valence-corrected chi connectivity index (χ1v) is 9.23. The molecule has 138 valence electrons. The minimum Gasteiger partial charge on any atom is -0.375 e. The third kappa shape index (κ3) is 4.25. The lowest BCUT2D eigenvalue weighted by molar-refractivity contribution is -0.0376. The maximum Gasteiger partial charge on any atom is 0.318 e. The van der Waals surface area contributed by atoms with E-state index in [1.807, 2.05) is 24.8 Å². The fraction of sp³-hybridized carbons (Fsp3) is 0.632. The lowest BCUT2D eigenvalue weighted by Crippen LogP contribution is -2.54. The molecular formula is C19H30N4O2. The first kappa shape index (κ1) is 18.0. The molecule has 1 aromatic rings. The van der Waals surface area contributed by atoms with Gasteiger partial charge in [-0.15, -0.1) is 0 Å². The monoisotopic (exact) mass is 346 g/mol. The fourth-order valence-corrected chi connectivity index (χ4v) is 3.51. The summed E-state index contributed by atoms with van der Waals surface area (Å²) in [5.74, 6) is 0. The molecule has 2 atom stereocenters. The Bertz CT molecular complexity index is 587. The van der Waals surface area contributed by atoms with Crippen molar-refractivity contribution >= 4 is 11.7 Å². The van der Waals surface area contributed by atoms with Gasteiger partial charge in [-0.25, -0.2) is 4.79 Å². The minimum atomic E-state index is -0.00386. The van der Waals surface area contributed by atoms with E-state index in [0.29, 0.717) is 19.7 Å². The Morgan fingerprint density at radius 2 is 1.88 bits per heavy atom. The molecule has 0 radical (unpaired) electrons. The van der Waals surface area contributed by atoms with Crippen molar-refractivity contribution in [2.45, 2.75) is 32.5 Å². The highest BCUT2D eigenvalue weighted by Gasteiger charge is 2.29. The standard InChI is InChI=1S/C19H30N4O2/c1-15-16(2)25-13-12-23(15)19(24)20-14-17-6-4-5-7-18(17)22-10-8-21(3)9-11-22/h4-7,15-16H,8-14H2,1-3H3,(H,20,24). The Hall–Kier alpha value is -1.79.